The zero-order valence-electron chi connectivity index (χ0n) is 15.5. The van der Waals surface area contributed by atoms with Crippen LogP contribution in [0.4, 0.5) is 23.0 Å². The van der Waals surface area contributed by atoms with Crippen LogP contribution >= 0.6 is 19.6 Å². The standard InChI is InChI=1S/C16H19BN6O5PS/c17-29(25)26-5-8-12(28-29)11(24)15(27-8)23-14-10(13(19)20-6-21-14)22-16(23)30-9-4-2-1-3-7(9)18/h1-4,6,8,11-12,15-16,22,24-25H,5,18H2,(H2,19,20,21)/q+1/t8?,11?,12-,15?,16?,29?/m1/s1. The molecule has 14 heteroatoms. The van der Waals surface area contributed by atoms with Crippen LogP contribution in [0.1, 0.15) is 0 Å². The fraction of sp³-hybridized carbons (Fsp3) is 0.375. The Morgan fingerprint density at radius 1 is 1.30 bits per heavy atom. The summed E-state index contributed by atoms with van der Waals surface area (Å²) in [6, 6.07) is 7.42. The number of thioether (sulfide) groups is 1. The second kappa shape index (κ2) is 7.38. The van der Waals surface area contributed by atoms with Crippen LogP contribution in [0.25, 0.3) is 0 Å². The van der Waals surface area contributed by atoms with Crippen molar-refractivity contribution in [3.05, 3.63) is 30.6 Å². The van der Waals surface area contributed by atoms with Crippen molar-refractivity contribution in [2.45, 2.75) is 34.9 Å². The third kappa shape index (κ3) is 3.36. The lowest BCUT2D eigenvalue weighted by atomic mass is 10.1. The number of ether oxygens (including phenoxy) is 1. The fourth-order valence-corrected chi connectivity index (χ4v) is 5.82. The molecule has 0 aliphatic carbocycles. The summed E-state index contributed by atoms with van der Waals surface area (Å²) in [7, 11) is 2.12. The summed E-state index contributed by atoms with van der Waals surface area (Å²) in [5.74, 6) is 0.733. The normalized spacial score (nSPS) is 35.0. The smallest absolute Gasteiger partial charge is 0.398 e. The number of hydrogen-bond acceptors (Lipinski definition) is 12. The summed E-state index contributed by atoms with van der Waals surface area (Å²) in [6.45, 7) is 0.00247. The van der Waals surface area contributed by atoms with E-state index in [-0.39, 0.29) is 12.4 Å². The average molecular weight is 449 g/mol. The van der Waals surface area contributed by atoms with Crippen LogP contribution in [0.3, 0.4) is 0 Å². The highest BCUT2D eigenvalue weighted by Crippen LogP contribution is 2.58. The number of hydrogen-bond donors (Lipinski definition) is 5. The van der Waals surface area contributed by atoms with Crippen molar-refractivity contribution in [3.63, 3.8) is 0 Å². The number of benzene rings is 1. The van der Waals surface area contributed by atoms with Gasteiger partial charge in [-0.05, 0) is 12.1 Å². The number of aliphatic hydroxyl groups excluding tert-OH is 1. The van der Waals surface area contributed by atoms with Crippen molar-refractivity contribution in [2.24, 2.45) is 0 Å². The Hall–Kier alpha value is -1.86. The number of aliphatic hydroxyl groups is 1. The Balaban J connectivity index is 1.49. The molecule has 2 saturated heterocycles. The first-order valence-electron chi connectivity index (χ1n) is 9.07. The molecule has 156 valence electrons. The Morgan fingerprint density at radius 3 is 2.90 bits per heavy atom. The minimum Gasteiger partial charge on any atom is -0.398 e. The van der Waals surface area contributed by atoms with Gasteiger partial charge in [-0.3, -0.25) is 4.90 Å². The maximum Gasteiger partial charge on any atom is 0.488 e. The van der Waals surface area contributed by atoms with Crippen LogP contribution in [0, 0.1) is 0 Å². The Kier molecular flexibility index (Phi) is 4.94. The van der Waals surface area contributed by atoms with Gasteiger partial charge in [0, 0.05) is 10.6 Å². The number of nitrogen functional groups attached to an aromatic ring is 2. The van der Waals surface area contributed by atoms with Gasteiger partial charge in [0.1, 0.15) is 30.8 Å². The molecule has 5 unspecified atom stereocenters. The van der Waals surface area contributed by atoms with Crippen LogP contribution in [-0.4, -0.2) is 64.2 Å². The largest absolute Gasteiger partial charge is 0.488 e. The van der Waals surface area contributed by atoms with E-state index < -0.39 is 37.9 Å². The van der Waals surface area contributed by atoms with Crippen LogP contribution in [0.2, 0.25) is 0 Å². The van der Waals surface area contributed by atoms with Crippen LogP contribution in [0.15, 0.2) is 35.5 Å². The minimum absolute atomic E-state index is 0.00247. The Morgan fingerprint density at radius 2 is 2.10 bits per heavy atom. The molecule has 11 nitrogen and oxygen atoms in total. The molecule has 7 N–H and O–H groups in total. The molecule has 30 heavy (non-hydrogen) atoms. The quantitative estimate of drug-likeness (QED) is 0.248. The molecule has 3 aliphatic rings. The van der Waals surface area contributed by atoms with Gasteiger partial charge in [-0.15, -0.1) is 0 Å². The van der Waals surface area contributed by atoms with E-state index in [0.29, 0.717) is 17.2 Å². The van der Waals surface area contributed by atoms with Crippen molar-refractivity contribution < 1.29 is 23.8 Å². The molecule has 6 atom stereocenters. The molecule has 4 heterocycles. The number of aromatic nitrogens is 2. The first kappa shape index (κ1) is 20.1. The van der Waals surface area contributed by atoms with E-state index >= 15 is 0 Å². The number of rotatable bonds is 3. The highest BCUT2D eigenvalue weighted by molar-refractivity contribution is 8.00. The number of para-hydroxylation sites is 1. The lowest BCUT2D eigenvalue weighted by Crippen LogP contribution is -2.49. The second-order valence-electron chi connectivity index (χ2n) is 7.00. The minimum atomic E-state index is -3.49. The lowest BCUT2D eigenvalue weighted by Gasteiger charge is -2.32. The summed E-state index contributed by atoms with van der Waals surface area (Å²) in [4.78, 5) is 20.9. The summed E-state index contributed by atoms with van der Waals surface area (Å²) in [5.41, 5.74) is 12.8. The number of nitrogens with one attached hydrogen (secondary N) is 1. The fourth-order valence-electron chi connectivity index (χ4n) is 3.67. The molecule has 1 aromatic heterocycles. The first-order chi connectivity index (χ1) is 14.3. The summed E-state index contributed by atoms with van der Waals surface area (Å²) < 4.78 is 16.6. The number of nitrogens with zero attached hydrogens (tertiary/aromatic N) is 3. The van der Waals surface area contributed by atoms with Gasteiger partial charge in [0.05, 0.1) is 0 Å². The van der Waals surface area contributed by atoms with E-state index in [9.17, 15) is 10.00 Å². The molecule has 5 rings (SSSR count). The van der Waals surface area contributed by atoms with E-state index in [2.05, 4.69) is 15.3 Å². The molecular formula is C16H19BN6O5PS+. The van der Waals surface area contributed by atoms with Gasteiger partial charge in [0.2, 0.25) is 0 Å². The van der Waals surface area contributed by atoms with Gasteiger partial charge in [-0.25, -0.2) is 14.9 Å². The predicted octanol–water partition coefficient (Wildman–Crippen LogP) is 0.288. The van der Waals surface area contributed by atoms with Gasteiger partial charge in [0.25, 0.3) is 0 Å². The molecule has 2 fully saturated rings. The van der Waals surface area contributed by atoms with Crippen molar-refractivity contribution in [1.29, 1.82) is 0 Å². The van der Waals surface area contributed by atoms with Crippen LogP contribution in [0.5, 0.6) is 0 Å². The Labute approximate surface area is 178 Å². The van der Waals surface area contributed by atoms with Gasteiger partial charge < -0.3 is 26.6 Å². The van der Waals surface area contributed by atoms with Crippen LogP contribution < -0.4 is 21.7 Å². The summed E-state index contributed by atoms with van der Waals surface area (Å²) in [5, 5.41) is 14.3. The molecule has 3 aliphatic heterocycles. The second-order valence-corrected chi connectivity index (χ2v) is 9.72. The molecule has 1 aromatic carbocycles. The van der Waals surface area contributed by atoms with Gasteiger partial charge in [-0.1, -0.05) is 23.9 Å². The SMILES string of the molecule is [B][P+]1(O)OCC2OC(N3c4ncnc(N)c4NC3Sc3ccccc3N)C(O)[C@@H]2O1. The molecular weight excluding hydrogens is 430 g/mol. The number of nitrogens with two attached hydrogens (primary N) is 2. The van der Waals surface area contributed by atoms with Crippen molar-refractivity contribution in [3.8, 4) is 0 Å². The van der Waals surface area contributed by atoms with Gasteiger partial charge >= 0.3 is 15.4 Å². The van der Waals surface area contributed by atoms with E-state index in [0.717, 1.165) is 4.90 Å². The van der Waals surface area contributed by atoms with E-state index in [4.69, 9.17) is 32.8 Å². The number of anilines is 4. The van der Waals surface area contributed by atoms with Gasteiger partial charge in [-0.2, -0.15) is 9.05 Å². The first-order valence-corrected chi connectivity index (χ1v) is 11.6. The lowest BCUT2D eigenvalue weighted by molar-refractivity contribution is -0.0443. The summed E-state index contributed by atoms with van der Waals surface area (Å²) in [6.07, 6.45) is -2.11. The van der Waals surface area contributed by atoms with E-state index in [1.807, 2.05) is 18.2 Å². The molecule has 0 amide bonds. The van der Waals surface area contributed by atoms with E-state index in [1.54, 1.807) is 11.0 Å². The summed E-state index contributed by atoms with van der Waals surface area (Å²) >= 11 is 1.41. The highest BCUT2D eigenvalue weighted by atomic mass is 32.2. The molecule has 0 spiro atoms. The van der Waals surface area contributed by atoms with Crippen molar-refractivity contribution >= 4 is 50.2 Å². The maximum absolute atomic E-state index is 11.0. The zero-order chi connectivity index (χ0) is 21.0. The van der Waals surface area contributed by atoms with E-state index in [1.165, 1.54) is 18.1 Å². The topological polar surface area (TPSA) is 161 Å². The van der Waals surface area contributed by atoms with Gasteiger partial charge in [0.15, 0.2) is 29.5 Å². The predicted molar refractivity (Wildman–Crippen MR) is 113 cm³/mol. The van der Waals surface area contributed by atoms with Crippen molar-refractivity contribution in [1.82, 2.24) is 9.97 Å². The maximum atomic E-state index is 11.0. The Bertz CT molecular complexity index is 975. The van der Waals surface area contributed by atoms with Crippen molar-refractivity contribution in [2.75, 3.05) is 28.3 Å². The van der Waals surface area contributed by atoms with Crippen LogP contribution in [-0.2, 0) is 13.8 Å². The molecule has 0 bridgehead atoms. The third-order valence-corrected chi connectivity index (χ3v) is 7.32. The average Bonchev–Trinajstić information content (AvgIpc) is 3.21. The molecule has 0 saturated carbocycles. The molecule has 2 aromatic rings. The highest BCUT2D eigenvalue weighted by Gasteiger charge is 2.59. The molecule has 2 radical (unpaired) electrons. The number of fused-ring (bicyclic) bond motifs is 2. The third-order valence-electron chi connectivity index (χ3n) is 5.06. The zero-order valence-corrected chi connectivity index (χ0v) is 17.2. The monoisotopic (exact) mass is 449 g/mol.